The number of benzene rings is 1. The van der Waals surface area contributed by atoms with E-state index in [-0.39, 0.29) is 0 Å². The van der Waals surface area contributed by atoms with Crippen LogP contribution in [0.15, 0.2) is 24.3 Å². The van der Waals surface area contributed by atoms with Crippen molar-refractivity contribution in [1.82, 2.24) is 0 Å². The van der Waals surface area contributed by atoms with E-state index in [1.54, 1.807) is 0 Å². The van der Waals surface area contributed by atoms with Crippen molar-refractivity contribution in [3.8, 4) is 0 Å². The molecule has 1 aliphatic heterocycles. The molecule has 70 valence electrons. The second-order valence-corrected chi connectivity index (χ2v) is 3.87. The Morgan fingerprint density at radius 2 is 2.00 bits per heavy atom. The standard InChI is InChI=1S/C11H13ClO/c1-2-3-10-11(13-10)8-4-6-9(12)7-5-8/h4-7,10-11H,2-3H2,1H3/t10-,11-/m0/s1. The minimum absolute atomic E-state index is 0.331. The molecule has 0 saturated carbocycles. The molecule has 0 spiro atoms. The van der Waals surface area contributed by atoms with Crippen LogP contribution < -0.4 is 0 Å². The van der Waals surface area contributed by atoms with E-state index in [2.05, 4.69) is 6.92 Å². The average molecular weight is 197 g/mol. The summed E-state index contributed by atoms with van der Waals surface area (Å²) in [4.78, 5) is 0. The Kier molecular flexibility index (Phi) is 2.56. The highest BCUT2D eigenvalue weighted by Gasteiger charge is 2.38. The smallest absolute Gasteiger partial charge is 0.109 e. The van der Waals surface area contributed by atoms with Crippen LogP contribution >= 0.6 is 11.6 Å². The molecule has 0 unspecified atom stereocenters. The summed E-state index contributed by atoms with van der Waals surface area (Å²) >= 11 is 5.79. The van der Waals surface area contributed by atoms with Gasteiger partial charge >= 0.3 is 0 Å². The quantitative estimate of drug-likeness (QED) is 0.674. The van der Waals surface area contributed by atoms with Gasteiger partial charge in [0.15, 0.2) is 0 Å². The zero-order valence-electron chi connectivity index (χ0n) is 7.66. The number of halogens is 1. The Labute approximate surface area is 83.7 Å². The van der Waals surface area contributed by atoms with Crippen LogP contribution in [0.2, 0.25) is 5.02 Å². The van der Waals surface area contributed by atoms with Crippen molar-refractivity contribution in [1.29, 1.82) is 0 Å². The van der Waals surface area contributed by atoms with Crippen LogP contribution in [-0.2, 0) is 4.74 Å². The molecule has 0 aliphatic carbocycles. The van der Waals surface area contributed by atoms with Crippen molar-refractivity contribution in [2.75, 3.05) is 0 Å². The second-order valence-electron chi connectivity index (χ2n) is 3.44. The predicted octanol–water partition coefficient (Wildman–Crippen LogP) is 3.58. The lowest BCUT2D eigenvalue weighted by molar-refractivity contribution is 0.365. The first-order chi connectivity index (χ1) is 6.31. The van der Waals surface area contributed by atoms with Crippen molar-refractivity contribution >= 4 is 11.6 Å². The fourth-order valence-corrected chi connectivity index (χ4v) is 1.72. The molecule has 1 aromatic rings. The van der Waals surface area contributed by atoms with Crippen molar-refractivity contribution in [3.05, 3.63) is 34.9 Å². The topological polar surface area (TPSA) is 12.5 Å². The van der Waals surface area contributed by atoms with Crippen LogP contribution in [0.5, 0.6) is 0 Å². The first kappa shape index (κ1) is 9.04. The largest absolute Gasteiger partial charge is 0.365 e. The fraction of sp³-hybridized carbons (Fsp3) is 0.455. The molecule has 0 amide bonds. The molecule has 1 aliphatic rings. The van der Waals surface area contributed by atoms with Gasteiger partial charge in [0, 0.05) is 5.02 Å². The van der Waals surface area contributed by atoms with Crippen LogP contribution in [0.3, 0.4) is 0 Å². The second kappa shape index (κ2) is 3.69. The summed E-state index contributed by atoms with van der Waals surface area (Å²) in [6.45, 7) is 2.18. The van der Waals surface area contributed by atoms with Gasteiger partial charge in [0.1, 0.15) is 6.10 Å². The number of hydrogen-bond acceptors (Lipinski definition) is 1. The van der Waals surface area contributed by atoms with Crippen molar-refractivity contribution in [2.45, 2.75) is 32.0 Å². The Morgan fingerprint density at radius 3 is 2.62 bits per heavy atom. The highest BCUT2D eigenvalue weighted by atomic mass is 35.5. The summed E-state index contributed by atoms with van der Waals surface area (Å²) in [6, 6.07) is 7.93. The zero-order valence-corrected chi connectivity index (χ0v) is 8.42. The van der Waals surface area contributed by atoms with E-state index in [0.717, 1.165) is 11.4 Å². The zero-order chi connectivity index (χ0) is 9.26. The van der Waals surface area contributed by atoms with Gasteiger partial charge < -0.3 is 4.74 Å². The maximum absolute atomic E-state index is 5.79. The molecule has 0 aromatic heterocycles. The summed E-state index contributed by atoms with van der Waals surface area (Å²) in [5, 5.41) is 0.788. The molecule has 0 radical (unpaired) electrons. The third kappa shape index (κ3) is 2.04. The van der Waals surface area contributed by atoms with E-state index in [1.807, 2.05) is 24.3 Å². The predicted molar refractivity (Wildman–Crippen MR) is 54.0 cm³/mol. The third-order valence-electron chi connectivity index (χ3n) is 2.35. The molecule has 2 heteroatoms. The number of ether oxygens (including phenoxy) is 1. The van der Waals surface area contributed by atoms with Gasteiger partial charge in [-0.15, -0.1) is 0 Å². The van der Waals surface area contributed by atoms with Gasteiger partial charge in [-0.3, -0.25) is 0 Å². The summed E-state index contributed by atoms with van der Waals surface area (Å²) < 4.78 is 5.54. The number of rotatable bonds is 3. The Bertz CT molecular complexity index is 281. The third-order valence-corrected chi connectivity index (χ3v) is 2.61. The molecule has 2 rings (SSSR count). The van der Waals surface area contributed by atoms with Crippen molar-refractivity contribution in [3.63, 3.8) is 0 Å². The highest BCUT2D eigenvalue weighted by Crippen LogP contribution is 2.41. The maximum atomic E-state index is 5.79. The number of hydrogen-bond donors (Lipinski definition) is 0. The molecule has 1 saturated heterocycles. The number of epoxide rings is 1. The normalized spacial score (nSPS) is 26.0. The first-order valence-corrected chi connectivity index (χ1v) is 5.10. The van der Waals surface area contributed by atoms with Crippen molar-refractivity contribution < 1.29 is 4.74 Å². The van der Waals surface area contributed by atoms with Crippen LogP contribution in [0.4, 0.5) is 0 Å². The lowest BCUT2D eigenvalue weighted by atomic mass is 10.1. The van der Waals surface area contributed by atoms with E-state index >= 15 is 0 Å². The first-order valence-electron chi connectivity index (χ1n) is 4.72. The summed E-state index contributed by atoms with van der Waals surface area (Å²) in [7, 11) is 0. The van der Waals surface area contributed by atoms with Crippen LogP contribution in [0.1, 0.15) is 31.4 Å². The molecule has 1 nitrogen and oxygen atoms in total. The van der Waals surface area contributed by atoms with Crippen molar-refractivity contribution in [2.24, 2.45) is 0 Å². The minimum atomic E-state index is 0.331. The molecule has 1 heterocycles. The van der Waals surface area contributed by atoms with Gasteiger partial charge in [-0.05, 0) is 24.1 Å². The molecule has 2 atom stereocenters. The molecule has 0 bridgehead atoms. The van der Waals surface area contributed by atoms with Gasteiger partial charge in [-0.2, -0.15) is 0 Å². The summed E-state index contributed by atoms with van der Waals surface area (Å²) in [6.07, 6.45) is 3.13. The van der Waals surface area contributed by atoms with E-state index < -0.39 is 0 Å². The molecule has 0 N–H and O–H groups in total. The molecule has 13 heavy (non-hydrogen) atoms. The highest BCUT2D eigenvalue weighted by molar-refractivity contribution is 6.30. The summed E-state index contributed by atoms with van der Waals surface area (Å²) in [5.74, 6) is 0. The van der Waals surface area contributed by atoms with E-state index in [9.17, 15) is 0 Å². The minimum Gasteiger partial charge on any atom is -0.365 e. The van der Waals surface area contributed by atoms with Gasteiger partial charge in [0.25, 0.3) is 0 Å². The van der Waals surface area contributed by atoms with Gasteiger partial charge in [0.2, 0.25) is 0 Å². The van der Waals surface area contributed by atoms with Gasteiger partial charge in [-0.25, -0.2) is 0 Å². The maximum Gasteiger partial charge on any atom is 0.109 e. The van der Waals surface area contributed by atoms with Gasteiger partial charge in [0.05, 0.1) is 6.10 Å². The molecular weight excluding hydrogens is 184 g/mol. The van der Waals surface area contributed by atoms with Crippen LogP contribution in [0, 0.1) is 0 Å². The molecule has 1 aromatic carbocycles. The van der Waals surface area contributed by atoms with Crippen LogP contribution in [0.25, 0.3) is 0 Å². The summed E-state index contributed by atoms with van der Waals surface area (Å²) in [5.41, 5.74) is 1.25. The van der Waals surface area contributed by atoms with E-state index in [4.69, 9.17) is 16.3 Å². The Morgan fingerprint density at radius 1 is 1.31 bits per heavy atom. The molecular formula is C11H13ClO. The SMILES string of the molecule is CCC[C@@H]1O[C@H]1c1ccc(Cl)cc1. The lowest BCUT2D eigenvalue weighted by Crippen LogP contribution is -1.87. The Hall–Kier alpha value is -0.530. The fourth-order valence-electron chi connectivity index (χ4n) is 1.59. The average Bonchev–Trinajstić information content (AvgIpc) is 2.86. The lowest BCUT2D eigenvalue weighted by Gasteiger charge is -1.95. The van der Waals surface area contributed by atoms with E-state index in [0.29, 0.717) is 12.2 Å². The Balaban J connectivity index is 2.00. The van der Waals surface area contributed by atoms with E-state index in [1.165, 1.54) is 12.0 Å². The molecule has 1 fully saturated rings. The van der Waals surface area contributed by atoms with Gasteiger partial charge in [-0.1, -0.05) is 37.1 Å². The van der Waals surface area contributed by atoms with Crippen LogP contribution in [-0.4, -0.2) is 6.10 Å². The monoisotopic (exact) mass is 196 g/mol.